The average molecular weight is 170 g/mol. The highest BCUT2D eigenvalue weighted by atomic mass is 16.1. The fraction of sp³-hybridized carbons (Fsp3) is 0.909. The van der Waals surface area contributed by atoms with E-state index >= 15 is 0 Å². The van der Waals surface area contributed by atoms with Crippen LogP contribution in [0.2, 0.25) is 0 Å². The molecular weight excluding hydrogens is 148 g/mol. The summed E-state index contributed by atoms with van der Waals surface area (Å²) >= 11 is 0. The minimum atomic E-state index is 0.281. The number of carbonyl (C=O) groups is 1. The average Bonchev–Trinajstić information content (AvgIpc) is 1.96. The van der Waals surface area contributed by atoms with Gasteiger partial charge in [-0.25, -0.2) is 0 Å². The number of rotatable bonds is 6. The molecule has 0 rings (SSSR count). The summed E-state index contributed by atoms with van der Waals surface area (Å²) in [5, 5.41) is 0. The lowest BCUT2D eigenvalue weighted by Gasteiger charge is -2.14. The molecule has 0 saturated heterocycles. The highest BCUT2D eigenvalue weighted by Gasteiger charge is 2.11. The third-order valence-electron chi connectivity index (χ3n) is 2.35. The predicted molar refractivity (Wildman–Crippen MR) is 53.1 cm³/mol. The largest absolute Gasteiger partial charge is 0.303 e. The van der Waals surface area contributed by atoms with E-state index in [1.165, 1.54) is 12.8 Å². The van der Waals surface area contributed by atoms with Crippen LogP contribution in [-0.4, -0.2) is 6.29 Å². The summed E-state index contributed by atoms with van der Waals surface area (Å²) in [5.74, 6) is 1.56. The normalized spacial score (nSPS) is 13.8. The Kier molecular flexibility index (Phi) is 6.04. The van der Waals surface area contributed by atoms with Crippen LogP contribution in [0.1, 0.15) is 47.0 Å². The molecule has 0 aliphatic rings. The minimum Gasteiger partial charge on any atom is -0.303 e. The van der Waals surface area contributed by atoms with Crippen LogP contribution in [0.3, 0.4) is 0 Å². The van der Waals surface area contributed by atoms with Gasteiger partial charge < -0.3 is 4.79 Å². The molecule has 72 valence electrons. The van der Waals surface area contributed by atoms with Crippen molar-refractivity contribution in [3.63, 3.8) is 0 Å². The molecule has 0 radical (unpaired) electrons. The Hall–Kier alpha value is -0.330. The molecule has 0 aliphatic heterocycles. The van der Waals surface area contributed by atoms with Gasteiger partial charge in [-0.2, -0.15) is 0 Å². The third-order valence-corrected chi connectivity index (χ3v) is 2.35. The van der Waals surface area contributed by atoms with Crippen LogP contribution in [0, 0.1) is 17.8 Å². The fourth-order valence-electron chi connectivity index (χ4n) is 1.32. The molecule has 0 aliphatic carbocycles. The van der Waals surface area contributed by atoms with Crippen molar-refractivity contribution in [2.75, 3.05) is 0 Å². The number of hydrogen-bond acceptors (Lipinski definition) is 1. The van der Waals surface area contributed by atoms with Crippen LogP contribution < -0.4 is 0 Å². The van der Waals surface area contributed by atoms with Crippen LogP contribution in [0.4, 0.5) is 0 Å². The van der Waals surface area contributed by atoms with Gasteiger partial charge in [0.25, 0.3) is 0 Å². The molecule has 0 amide bonds. The van der Waals surface area contributed by atoms with Crippen LogP contribution >= 0.6 is 0 Å². The molecule has 0 bridgehead atoms. The Morgan fingerprint density at radius 1 is 1.08 bits per heavy atom. The van der Waals surface area contributed by atoms with Gasteiger partial charge in [-0.3, -0.25) is 0 Å². The Morgan fingerprint density at radius 2 is 1.67 bits per heavy atom. The zero-order chi connectivity index (χ0) is 9.56. The lowest BCUT2D eigenvalue weighted by atomic mass is 9.91. The number of hydrogen-bond donors (Lipinski definition) is 0. The molecule has 1 unspecified atom stereocenters. The molecule has 1 nitrogen and oxygen atoms in total. The number of aldehydes is 1. The predicted octanol–water partition coefficient (Wildman–Crippen LogP) is 3.28. The monoisotopic (exact) mass is 170 g/mol. The van der Waals surface area contributed by atoms with Crippen LogP contribution in [0.15, 0.2) is 0 Å². The van der Waals surface area contributed by atoms with Gasteiger partial charge in [0, 0.05) is 5.92 Å². The number of carbonyl (C=O) groups excluding carboxylic acids is 1. The molecule has 0 aromatic heterocycles. The molecule has 0 heterocycles. The second-order valence-corrected chi connectivity index (χ2v) is 4.37. The lowest BCUT2D eigenvalue weighted by Crippen LogP contribution is -2.10. The van der Waals surface area contributed by atoms with Crippen molar-refractivity contribution in [2.45, 2.75) is 47.0 Å². The van der Waals surface area contributed by atoms with E-state index in [4.69, 9.17) is 0 Å². The maximum Gasteiger partial charge on any atom is 0.123 e. The molecule has 12 heavy (non-hydrogen) atoms. The van der Waals surface area contributed by atoms with E-state index in [0.717, 1.165) is 18.6 Å². The van der Waals surface area contributed by atoms with Gasteiger partial charge in [0.1, 0.15) is 6.29 Å². The maximum atomic E-state index is 10.6. The Bertz CT molecular complexity index is 116. The molecule has 0 aromatic carbocycles. The zero-order valence-corrected chi connectivity index (χ0v) is 8.84. The second-order valence-electron chi connectivity index (χ2n) is 4.37. The molecule has 0 aromatic rings. The first-order chi connectivity index (χ1) is 5.57. The first-order valence-corrected chi connectivity index (χ1v) is 5.03. The molecule has 0 fully saturated rings. The van der Waals surface area contributed by atoms with Crippen molar-refractivity contribution in [1.29, 1.82) is 0 Å². The van der Waals surface area contributed by atoms with E-state index < -0.39 is 0 Å². The quantitative estimate of drug-likeness (QED) is 0.559. The van der Waals surface area contributed by atoms with Gasteiger partial charge in [-0.05, 0) is 18.3 Å². The fourth-order valence-corrected chi connectivity index (χ4v) is 1.32. The van der Waals surface area contributed by atoms with Crippen molar-refractivity contribution in [3.05, 3.63) is 0 Å². The van der Waals surface area contributed by atoms with Gasteiger partial charge in [0.15, 0.2) is 0 Å². The highest BCUT2D eigenvalue weighted by molar-refractivity contribution is 5.53. The van der Waals surface area contributed by atoms with E-state index in [1.807, 2.05) is 0 Å². The van der Waals surface area contributed by atoms with E-state index in [1.54, 1.807) is 0 Å². The summed E-state index contributed by atoms with van der Waals surface area (Å²) in [6, 6.07) is 0. The van der Waals surface area contributed by atoms with Gasteiger partial charge in [-0.15, -0.1) is 0 Å². The maximum absolute atomic E-state index is 10.6. The molecule has 1 heteroatoms. The van der Waals surface area contributed by atoms with E-state index in [-0.39, 0.29) is 5.92 Å². The topological polar surface area (TPSA) is 17.1 Å². The summed E-state index contributed by atoms with van der Waals surface area (Å²) in [6.45, 7) is 8.69. The standard InChI is InChI=1S/C11H22O/c1-9(2)6-5-7-11(8-12)10(3)4/h8-11H,5-7H2,1-4H3. The van der Waals surface area contributed by atoms with Gasteiger partial charge in [0.05, 0.1) is 0 Å². The van der Waals surface area contributed by atoms with Crippen molar-refractivity contribution in [3.8, 4) is 0 Å². The lowest BCUT2D eigenvalue weighted by molar-refractivity contribution is -0.112. The first kappa shape index (κ1) is 11.7. The highest BCUT2D eigenvalue weighted by Crippen LogP contribution is 2.17. The molecular formula is C11H22O. The van der Waals surface area contributed by atoms with Crippen LogP contribution in [0.5, 0.6) is 0 Å². The molecule has 1 atom stereocenters. The summed E-state index contributed by atoms with van der Waals surface area (Å²) in [4.78, 5) is 10.6. The van der Waals surface area contributed by atoms with Crippen molar-refractivity contribution in [1.82, 2.24) is 0 Å². The summed E-state index contributed by atoms with van der Waals surface area (Å²) in [5.41, 5.74) is 0. The van der Waals surface area contributed by atoms with Crippen LogP contribution in [0.25, 0.3) is 0 Å². The van der Waals surface area contributed by atoms with Crippen molar-refractivity contribution < 1.29 is 4.79 Å². The minimum absolute atomic E-state index is 0.281. The second kappa shape index (κ2) is 6.22. The van der Waals surface area contributed by atoms with Crippen molar-refractivity contribution in [2.24, 2.45) is 17.8 Å². The molecule has 0 saturated carbocycles. The third kappa shape index (κ3) is 5.34. The van der Waals surface area contributed by atoms with Gasteiger partial charge in [-0.1, -0.05) is 40.5 Å². The first-order valence-electron chi connectivity index (χ1n) is 5.03. The zero-order valence-electron chi connectivity index (χ0n) is 8.84. The summed E-state index contributed by atoms with van der Waals surface area (Å²) in [7, 11) is 0. The Balaban J connectivity index is 3.52. The van der Waals surface area contributed by atoms with Gasteiger partial charge >= 0.3 is 0 Å². The van der Waals surface area contributed by atoms with Gasteiger partial charge in [0.2, 0.25) is 0 Å². The summed E-state index contributed by atoms with van der Waals surface area (Å²) in [6.07, 6.45) is 4.63. The van der Waals surface area contributed by atoms with E-state index in [9.17, 15) is 4.79 Å². The smallest absolute Gasteiger partial charge is 0.123 e. The summed E-state index contributed by atoms with van der Waals surface area (Å²) < 4.78 is 0. The van der Waals surface area contributed by atoms with E-state index in [2.05, 4.69) is 27.7 Å². The Morgan fingerprint density at radius 3 is 2.00 bits per heavy atom. The Labute approximate surface area is 76.6 Å². The molecule has 0 spiro atoms. The van der Waals surface area contributed by atoms with E-state index in [0.29, 0.717) is 5.92 Å². The van der Waals surface area contributed by atoms with Crippen LogP contribution in [-0.2, 0) is 4.79 Å². The SMILES string of the molecule is CC(C)CCCC(C=O)C(C)C. The molecule has 0 N–H and O–H groups in total. The van der Waals surface area contributed by atoms with Crippen molar-refractivity contribution >= 4 is 6.29 Å².